The van der Waals surface area contributed by atoms with Gasteiger partial charge in [0.1, 0.15) is 0 Å². The number of amides is 1. The Hall–Kier alpha value is -2.97. The van der Waals surface area contributed by atoms with E-state index in [4.69, 9.17) is 21.1 Å². The predicted octanol–water partition coefficient (Wildman–Crippen LogP) is 4.06. The first kappa shape index (κ1) is 19.8. The molecule has 0 radical (unpaired) electrons. The Bertz CT molecular complexity index is 965. The van der Waals surface area contributed by atoms with Gasteiger partial charge in [-0.05, 0) is 36.0 Å². The van der Waals surface area contributed by atoms with Crippen LogP contribution in [0.3, 0.4) is 0 Å². The van der Waals surface area contributed by atoms with Crippen molar-refractivity contribution < 1.29 is 14.3 Å². The van der Waals surface area contributed by atoms with Gasteiger partial charge in [-0.1, -0.05) is 35.9 Å². The number of benzene rings is 2. The van der Waals surface area contributed by atoms with Crippen LogP contribution >= 0.6 is 23.4 Å². The number of rotatable bonds is 7. The lowest BCUT2D eigenvalue weighted by molar-refractivity contribution is 0.0960. The van der Waals surface area contributed by atoms with Gasteiger partial charge in [-0.25, -0.2) is 0 Å². The van der Waals surface area contributed by atoms with E-state index in [1.54, 1.807) is 30.3 Å². The van der Waals surface area contributed by atoms with Crippen LogP contribution in [-0.2, 0) is 0 Å². The highest BCUT2D eigenvalue weighted by Gasteiger charge is 2.15. The normalized spacial score (nSPS) is 10.2. The monoisotopic (exact) mass is 416 g/mol. The highest BCUT2D eigenvalue weighted by Crippen LogP contribution is 2.30. The number of hydrazine groups is 1. The smallest absolute Gasteiger partial charge is 0.270 e. The van der Waals surface area contributed by atoms with Gasteiger partial charge in [-0.3, -0.25) is 15.6 Å². The van der Waals surface area contributed by atoms with Crippen LogP contribution in [0.2, 0.25) is 5.02 Å². The third-order valence-electron chi connectivity index (χ3n) is 3.59. The zero-order chi connectivity index (χ0) is 19.9. The first-order valence-corrected chi connectivity index (χ1v) is 9.35. The molecular formula is C19H17ClN4O3S. The molecule has 0 atom stereocenters. The topological polar surface area (TPSA) is 85.4 Å². The van der Waals surface area contributed by atoms with Crippen LogP contribution in [0.15, 0.2) is 64.6 Å². The molecule has 3 rings (SSSR count). The van der Waals surface area contributed by atoms with E-state index in [1.165, 1.54) is 26.0 Å². The standard InChI is InChI=1S/C19H17ClN4O3S/c1-26-16-11-17(27-2)22-19(21-16)28-15-10-6-3-7-12(15)18(25)24-23-14-9-5-4-8-13(14)20/h3-11,23H,1-2H3,(H,24,25). The number of ether oxygens (including phenoxy) is 2. The molecule has 0 spiro atoms. The molecule has 144 valence electrons. The minimum Gasteiger partial charge on any atom is -0.481 e. The summed E-state index contributed by atoms with van der Waals surface area (Å²) in [5.74, 6) is 0.422. The number of hydrogen-bond acceptors (Lipinski definition) is 7. The summed E-state index contributed by atoms with van der Waals surface area (Å²) in [5, 5.41) is 0.901. The van der Waals surface area contributed by atoms with E-state index in [0.29, 0.717) is 38.1 Å². The quantitative estimate of drug-likeness (QED) is 0.443. The molecule has 2 N–H and O–H groups in total. The molecule has 1 heterocycles. The predicted molar refractivity (Wildman–Crippen MR) is 108 cm³/mol. The van der Waals surface area contributed by atoms with E-state index < -0.39 is 0 Å². The summed E-state index contributed by atoms with van der Waals surface area (Å²) in [6, 6.07) is 15.8. The molecule has 0 bridgehead atoms. The first-order chi connectivity index (χ1) is 13.6. The molecule has 0 fully saturated rings. The SMILES string of the molecule is COc1cc(OC)nc(Sc2ccccc2C(=O)NNc2ccccc2Cl)n1. The van der Waals surface area contributed by atoms with Crippen LogP contribution in [0.5, 0.6) is 11.8 Å². The average molecular weight is 417 g/mol. The van der Waals surface area contributed by atoms with Gasteiger partial charge in [0.05, 0.1) is 36.6 Å². The fourth-order valence-corrected chi connectivity index (χ4v) is 3.30. The number of methoxy groups -OCH3 is 2. The Morgan fingerprint density at radius 2 is 1.64 bits per heavy atom. The zero-order valence-corrected chi connectivity index (χ0v) is 16.7. The maximum atomic E-state index is 12.7. The highest BCUT2D eigenvalue weighted by atomic mass is 35.5. The molecule has 0 saturated heterocycles. The van der Waals surface area contributed by atoms with Gasteiger partial charge in [0, 0.05) is 4.90 Å². The van der Waals surface area contributed by atoms with Gasteiger partial charge in [0.15, 0.2) is 5.16 Å². The van der Waals surface area contributed by atoms with Crippen LogP contribution < -0.4 is 20.3 Å². The zero-order valence-electron chi connectivity index (χ0n) is 15.1. The number of anilines is 1. The van der Waals surface area contributed by atoms with Gasteiger partial charge in [-0.2, -0.15) is 9.97 Å². The molecule has 0 aliphatic heterocycles. The van der Waals surface area contributed by atoms with Gasteiger partial charge in [0.25, 0.3) is 5.91 Å². The summed E-state index contributed by atoms with van der Waals surface area (Å²) < 4.78 is 10.3. The van der Waals surface area contributed by atoms with Crippen LogP contribution in [0, 0.1) is 0 Å². The molecular weight excluding hydrogens is 400 g/mol. The number of hydrogen-bond donors (Lipinski definition) is 2. The summed E-state index contributed by atoms with van der Waals surface area (Å²) in [4.78, 5) is 21.9. The fourth-order valence-electron chi connectivity index (χ4n) is 2.23. The van der Waals surface area contributed by atoms with E-state index >= 15 is 0 Å². The van der Waals surface area contributed by atoms with E-state index in [-0.39, 0.29) is 5.91 Å². The van der Waals surface area contributed by atoms with Crippen LogP contribution in [0.25, 0.3) is 0 Å². The summed E-state index contributed by atoms with van der Waals surface area (Å²) in [5.41, 5.74) is 6.53. The van der Waals surface area contributed by atoms with Crippen molar-refractivity contribution in [1.82, 2.24) is 15.4 Å². The van der Waals surface area contributed by atoms with Crippen molar-refractivity contribution >= 4 is 35.0 Å². The largest absolute Gasteiger partial charge is 0.481 e. The van der Waals surface area contributed by atoms with Crippen molar-refractivity contribution in [2.24, 2.45) is 0 Å². The Morgan fingerprint density at radius 1 is 1.00 bits per heavy atom. The highest BCUT2D eigenvalue weighted by molar-refractivity contribution is 7.99. The second-order valence-electron chi connectivity index (χ2n) is 5.39. The van der Waals surface area contributed by atoms with Crippen molar-refractivity contribution in [2.45, 2.75) is 10.1 Å². The Morgan fingerprint density at radius 3 is 2.32 bits per heavy atom. The van der Waals surface area contributed by atoms with Crippen molar-refractivity contribution in [1.29, 1.82) is 0 Å². The molecule has 1 amide bonds. The minimum atomic E-state index is -0.321. The number of nitrogens with zero attached hydrogens (tertiary/aromatic N) is 2. The molecule has 9 heteroatoms. The molecule has 3 aromatic rings. The number of para-hydroxylation sites is 1. The number of aromatic nitrogens is 2. The lowest BCUT2D eigenvalue weighted by Crippen LogP contribution is -2.29. The Balaban J connectivity index is 1.79. The molecule has 2 aromatic carbocycles. The Labute approximate surface area is 171 Å². The van der Waals surface area contributed by atoms with Crippen LogP contribution in [0.1, 0.15) is 10.4 Å². The molecule has 0 aliphatic carbocycles. The van der Waals surface area contributed by atoms with Crippen molar-refractivity contribution in [3.8, 4) is 11.8 Å². The van der Waals surface area contributed by atoms with Gasteiger partial charge in [-0.15, -0.1) is 0 Å². The summed E-state index contributed by atoms with van der Waals surface area (Å²) in [7, 11) is 3.02. The third kappa shape index (κ3) is 4.85. The average Bonchev–Trinajstić information content (AvgIpc) is 2.73. The number of halogens is 1. The van der Waals surface area contributed by atoms with Gasteiger partial charge in [0.2, 0.25) is 11.8 Å². The van der Waals surface area contributed by atoms with E-state index in [0.717, 1.165) is 0 Å². The fraction of sp³-hybridized carbons (Fsp3) is 0.105. The van der Waals surface area contributed by atoms with Crippen molar-refractivity contribution in [3.05, 3.63) is 65.2 Å². The van der Waals surface area contributed by atoms with Gasteiger partial charge < -0.3 is 9.47 Å². The van der Waals surface area contributed by atoms with Crippen LogP contribution in [-0.4, -0.2) is 30.1 Å². The maximum Gasteiger partial charge on any atom is 0.270 e. The van der Waals surface area contributed by atoms with Crippen molar-refractivity contribution in [2.75, 3.05) is 19.6 Å². The van der Waals surface area contributed by atoms with E-state index in [1.807, 2.05) is 24.3 Å². The minimum absolute atomic E-state index is 0.321. The number of carbonyl (C=O) groups excluding carboxylic acids is 1. The summed E-state index contributed by atoms with van der Waals surface area (Å²) >= 11 is 7.32. The van der Waals surface area contributed by atoms with E-state index in [2.05, 4.69) is 20.8 Å². The first-order valence-electron chi connectivity index (χ1n) is 8.15. The second-order valence-corrected chi connectivity index (χ2v) is 6.81. The van der Waals surface area contributed by atoms with E-state index in [9.17, 15) is 4.79 Å². The van der Waals surface area contributed by atoms with Crippen LogP contribution in [0.4, 0.5) is 5.69 Å². The second kappa shape index (κ2) is 9.29. The molecule has 7 nitrogen and oxygen atoms in total. The molecule has 0 aliphatic rings. The molecule has 0 saturated carbocycles. The molecule has 28 heavy (non-hydrogen) atoms. The number of carbonyl (C=O) groups is 1. The third-order valence-corrected chi connectivity index (χ3v) is 4.87. The molecule has 0 unspecified atom stereocenters. The Kier molecular flexibility index (Phi) is 6.57. The summed E-state index contributed by atoms with van der Waals surface area (Å²) in [6.07, 6.45) is 0. The lowest BCUT2D eigenvalue weighted by Gasteiger charge is -2.12. The molecule has 1 aromatic heterocycles. The number of nitrogens with one attached hydrogen (secondary N) is 2. The lowest BCUT2D eigenvalue weighted by atomic mass is 10.2. The maximum absolute atomic E-state index is 12.7. The van der Waals surface area contributed by atoms with Crippen molar-refractivity contribution in [3.63, 3.8) is 0 Å². The van der Waals surface area contributed by atoms with Gasteiger partial charge >= 0.3 is 0 Å². The summed E-state index contributed by atoms with van der Waals surface area (Å²) in [6.45, 7) is 0.